The maximum Gasteiger partial charge on any atom is 0.244 e. The first kappa shape index (κ1) is 7.94. The zero-order chi connectivity index (χ0) is 8.27. The van der Waals surface area contributed by atoms with Crippen LogP contribution in [0.25, 0.3) is 0 Å². The van der Waals surface area contributed by atoms with Crippen molar-refractivity contribution in [3.8, 4) is 5.88 Å². The van der Waals surface area contributed by atoms with E-state index in [4.69, 9.17) is 16.3 Å². The summed E-state index contributed by atoms with van der Waals surface area (Å²) in [4.78, 5) is 13.9. The normalized spacial score (nSPS) is 9.27. The fraction of sp³-hybridized carbons (Fsp3) is 0.167. The first-order valence-corrected chi connectivity index (χ1v) is 3.19. The summed E-state index contributed by atoms with van der Waals surface area (Å²) in [7, 11) is 1.40. The zero-order valence-electron chi connectivity index (χ0n) is 5.74. The lowest BCUT2D eigenvalue weighted by atomic mass is 10.4. The van der Waals surface area contributed by atoms with Crippen molar-refractivity contribution >= 4 is 17.3 Å². The molecule has 0 radical (unpaired) electrons. The molecule has 0 atom stereocenters. The van der Waals surface area contributed by atoms with Crippen LogP contribution in [0.3, 0.4) is 0 Å². The van der Waals surface area contributed by atoms with Crippen molar-refractivity contribution < 1.29 is 4.74 Å². The third-order valence-corrected chi connectivity index (χ3v) is 1.43. The lowest BCUT2D eigenvalue weighted by molar-refractivity contribution is 0.399. The Morgan fingerprint density at radius 1 is 1.73 bits per heavy atom. The van der Waals surface area contributed by atoms with Crippen molar-refractivity contribution in [3.05, 3.63) is 22.2 Å². The van der Waals surface area contributed by atoms with Crippen LogP contribution in [0.4, 0.5) is 5.69 Å². The highest BCUT2D eigenvalue weighted by atomic mass is 35.5. The first-order chi connectivity index (χ1) is 5.29. The number of halogens is 1. The fourth-order valence-corrected chi connectivity index (χ4v) is 0.816. The van der Waals surface area contributed by atoms with Gasteiger partial charge in [-0.25, -0.2) is 4.98 Å². The third kappa shape index (κ3) is 1.46. The first-order valence-electron chi connectivity index (χ1n) is 2.81. The van der Waals surface area contributed by atoms with Gasteiger partial charge in [-0.2, -0.15) is 0 Å². The standard InChI is InChI=1S/C6H5ClN2O2/c1-11-6-5(9-10)4(7)2-3-8-6/h2-3H,1H3. The molecular formula is C6H5ClN2O2. The number of hydrogen-bond donors (Lipinski definition) is 0. The summed E-state index contributed by atoms with van der Waals surface area (Å²) >= 11 is 5.59. The van der Waals surface area contributed by atoms with Crippen LogP contribution in [-0.2, 0) is 0 Å². The highest BCUT2D eigenvalue weighted by Gasteiger charge is 2.07. The van der Waals surface area contributed by atoms with Gasteiger partial charge in [0.25, 0.3) is 0 Å². The Bertz CT molecular complexity index is 277. The lowest BCUT2D eigenvalue weighted by Crippen LogP contribution is -1.86. The molecule has 58 valence electrons. The highest BCUT2D eigenvalue weighted by Crippen LogP contribution is 2.31. The minimum atomic E-state index is 0.0386. The number of aromatic nitrogens is 1. The van der Waals surface area contributed by atoms with Crippen LogP contribution >= 0.6 is 11.6 Å². The number of nitrogens with zero attached hydrogens (tertiary/aromatic N) is 2. The number of nitroso groups, excluding NO2 is 1. The fourth-order valence-electron chi connectivity index (χ4n) is 0.645. The molecule has 0 N–H and O–H groups in total. The van der Waals surface area contributed by atoms with Crippen LogP contribution < -0.4 is 4.74 Å². The third-order valence-electron chi connectivity index (χ3n) is 1.13. The van der Waals surface area contributed by atoms with Gasteiger partial charge < -0.3 is 4.74 Å². The van der Waals surface area contributed by atoms with Gasteiger partial charge in [-0.1, -0.05) is 11.6 Å². The van der Waals surface area contributed by atoms with E-state index in [1.54, 1.807) is 0 Å². The molecule has 0 fully saturated rings. The molecule has 0 unspecified atom stereocenters. The molecule has 1 rings (SSSR count). The van der Waals surface area contributed by atoms with Crippen LogP contribution in [0.2, 0.25) is 5.02 Å². The smallest absolute Gasteiger partial charge is 0.244 e. The van der Waals surface area contributed by atoms with E-state index < -0.39 is 0 Å². The summed E-state index contributed by atoms with van der Waals surface area (Å²) in [6, 6.07) is 1.47. The molecule has 0 saturated carbocycles. The van der Waals surface area contributed by atoms with Crippen LogP contribution in [0, 0.1) is 4.91 Å². The van der Waals surface area contributed by atoms with Gasteiger partial charge in [-0.3, -0.25) is 0 Å². The van der Waals surface area contributed by atoms with Crippen molar-refractivity contribution in [3.63, 3.8) is 0 Å². The molecule has 1 aromatic rings. The largest absolute Gasteiger partial charge is 0.479 e. The second-order valence-electron chi connectivity index (χ2n) is 1.74. The number of methoxy groups -OCH3 is 1. The summed E-state index contributed by atoms with van der Waals surface area (Å²) in [6.07, 6.45) is 1.44. The number of pyridine rings is 1. The van der Waals surface area contributed by atoms with E-state index in [1.807, 2.05) is 0 Å². The van der Waals surface area contributed by atoms with Gasteiger partial charge in [0.05, 0.1) is 12.1 Å². The Morgan fingerprint density at radius 3 is 2.91 bits per heavy atom. The molecule has 0 aliphatic carbocycles. The van der Waals surface area contributed by atoms with Crippen molar-refractivity contribution in [2.45, 2.75) is 0 Å². The second-order valence-corrected chi connectivity index (χ2v) is 2.15. The minimum absolute atomic E-state index is 0.0386. The Labute approximate surface area is 68.1 Å². The summed E-state index contributed by atoms with van der Waals surface area (Å²) in [5.41, 5.74) is 0.0386. The van der Waals surface area contributed by atoms with Gasteiger partial charge in [0.15, 0.2) is 5.69 Å². The van der Waals surface area contributed by atoms with Crippen LogP contribution in [0.1, 0.15) is 0 Å². The second kappa shape index (κ2) is 3.30. The topological polar surface area (TPSA) is 51.6 Å². The molecule has 0 saturated heterocycles. The maximum absolute atomic E-state index is 10.2. The minimum Gasteiger partial charge on any atom is -0.479 e. The maximum atomic E-state index is 10.2. The zero-order valence-corrected chi connectivity index (χ0v) is 6.50. The van der Waals surface area contributed by atoms with E-state index in [0.717, 1.165) is 0 Å². The number of ether oxygens (including phenoxy) is 1. The van der Waals surface area contributed by atoms with E-state index in [9.17, 15) is 4.91 Å². The predicted octanol–water partition coefficient (Wildman–Crippen LogP) is 2.14. The molecule has 0 aliphatic rings. The van der Waals surface area contributed by atoms with E-state index >= 15 is 0 Å². The molecule has 0 aliphatic heterocycles. The number of rotatable bonds is 2. The lowest BCUT2D eigenvalue weighted by Gasteiger charge is -1.99. The molecule has 1 aromatic heterocycles. The van der Waals surface area contributed by atoms with Gasteiger partial charge >= 0.3 is 0 Å². The average Bonchev–Trinajstić information content (AvgIpc) is 2.04. The van der Waals surface area contributed by atoms with Crippen LogP contribution in [-0.4, -0.2) is 12.1 Å². The van der Waals surface area contributed by atoms with Crippen molar-refractivity contribution in [2.24, 2.45) is 5.18 Å². The molecule has 0 bridgehead atoms. The SMILES string of the molecule is COc1nccc(Cl)c1N=O. The van der Waals surface area contributed by atoms with Gasteiger partial charge in [0, 0.05) is 6.20 Å². The van der Waals surface area contributed by atoms with Gasteiger partial charge in [0.2, 0.25) is 5.88 Å². The van der Waals surface area contributed by atoms with E-state index in [2.05, 4.69) is 10.2 Å². The van der Waals surface area contributed by atoms with Crippen molar-refractivity contribution in [2.75, 3.05) is 7.11 Å². The predicted molar refractivity (Wildman–Crippen MR) is 41.3 cm³/mol. The van der Waals surface area contributed by atoms with Crippen LogP contribution in [0.5, 0.6) is 5.88 Å². The van der Waals surface area contributed by atoms with Crippen molar-refractivity contribution in [1.82, 2.24) is 4.98 Å². The molecular weight excluding hydrogens is 168 g/mol. The summed E-state index contributed by atoms with van der Waals surface area (Å²) in [6.45, 7) is 0. The Balaban J connectivity index is 3.24. The van der Waals surface area contributed by atoms with E-state index in [1.165, 1.54) is 19.4 Å². The van der Waals surface area contributed by atoms with E-state index in [0.29, 0.717) is 0 Å². The number of hydrogen-bond acceptors (Lipinski definition) is 4. The summed E-state index contributed by atoms with van der Waals surface area (Å²) in [5.74, 6) is 0.146. The molecule has 1 heterocycles. The monoisotopic (exact) mass is 172 g/mol. The van der Waals surface area contributed by atoms with Gasteiger partial charge in [-0.15, -0.1) is 4.91 Å². The van der Waals surface area contributed by atoms with Crippen LogP contribution in [0.15, 0.2) is 17.4 Å². The summed E-state index contributed by atoms with van der Waals surface area (Å²) < 4.78 is 4.73. The van der Waals surface area contributed by atoms with Crippen molar-refractivity contribution in [1.29, 1.82) is 0 Å². The molecule has 0 spiro atoms. The highest BCUT2D eigenvalue weighted by molar-refractivity contribution is 6.33. The molecule has 0 aromatic carbocycles. The van der Waals surface area contributed by atoms with Gasteiger partial charge in [-0.05, 0) is 11.2 Å². The Kier molecular flexibility index (Phi) is 2.38. The molecule has 0 amide bonds. The van der Waals surface area contributed by atoms with Gasteiger partial charge in [0.1, 0.15) is 0 Å². The quantitative estimate of drug-likeness (QED) is 0.643. The Morgan fingerprint density at radius 2 is 2.45 bits per heavy atom. The Hall–Kier alpha value is -1.16. The van der Waals surface area contributed by atoms with E-state index in [-0.39, 0.29) is 16.6 Å². The molecule has 4 nitrogen and oxygen atoms in total. The molecule has 5 heteroatoms. The molecule has 11 heavy (non-hydrogen) atoms. The average molecular weight is 173 g/mol. The summed E-state index contributed by atoms with van der Waals surface area (Å²) in [5, 5.41) is 2.91.